The van der Waals surface area contributed by atoms with E-state index in [0.29, 0.717) is 16.5 Å². The summed E-state index contributed by atoms with van der Waals surface area (Å²) in [6.45, 7) is 2.36. The predicted octanol–water partition coefficient (Wildman–Crippen LogP) is 7.62. The maximum Gasteiger partial charge on any atom is 0.243 e. The van der Waals surface area contributed by atoms with E-state index in [1.54, 1.807) is 28.8 Å². The van der Waals surface area contributed by atoms with E-state index in [-0.39, 0.29) is 30.2 Å². The van der Waals surface area contributed by atoms with E-state index in [2.05, 4.69) is 24.4 Å². The largest absolute Gasteiger partial charge is 0.352 e. The van der Waals surface area contributed by atoms with Gasteiger partial charge in [-0.05, 0) is 54.2 Å². The van der Waals surface area contributed by atoms with E-state index in [0.717, 1.165) is 42.6 Å². The van der Waals surface area contributed by atoms with Crippen LogP contribution >= 0.6 is 35.0 Å². The Kier molecular flexibility index (Phi) is 11.2. The highest BCUT2D eigenvalue weighted by atomic mass is 35.5. The highest BCUT2D eigenvalue weighted by Crippen LogP contribution is 2.26. The van der Waals surface area contributed by atoms with Crippen LogP contribution in [0.2, 0.25) is 10.0 Å². The second kappa shape index (κ2) is 14.8. The Morgan fingerprint density at radius 2 is 1.64 bits per heavy atom. The summed E-state index contributed by atoms with van der Waals surface area (Å²) in [5.74, 6) is 0.844. The van der Waals surface area contributed by atoms with Crippen molar-refractivity contribution in [2.45, 2.75) is 69.8 Å². The molecule has 0 unspecified atom stereocenters. The summed E-state index contributed by atoms with van der Waals surface area (Å²) in [7, 11) is 0. The topological polar surface area (TPSA) is 49.4 Å². The quantitative estimate of drug-likeness (QED) is 0.253. The van der Waals surface area contributed by atoms with Gasteiger partial charge >= 0.3 is 0 Å². The van der Waals surface area contributed by atoms with E-state index in [1.165, 1.54) is 17.5 Å². The molecule has 0 radical (unpaired) electrons. The smallest absolute Gasteiger partial charge is 0.243 e. The van der Waals surface area contributed by atoms with Crippen molar-refractivity contribution in [3.8, 4) is 0 Å². The van der Waals surface area contributed by atoms with Crippen LogP contribution in [0.5, 0.6) is 0 Å². The number of hydrogen-bond acceptors (Lipinski definition) is 3. The molecule has 0 spiro atoms. The SMILES string of the molecule is Cc1ccccc1CSCC(=O)N(Cc1ccc(Cl)c(Cl)c1)[C@H](Cc1ccccc1)C(=O)NC1CCCCC1. The molecular formula is C32H36Cl2N2O2S. The van der Waals surface area contributed by atoms with Gasteiger partial charge in [0.05, 0.1) is 15.8 Å². The highest BCUT2D eigenvalue weighted by Gasteiger charge is 2.32. The lowest BCUT2D eigenvalue weighted by atomic mass is 9.94. The van der Waals surface area contributed by atoms with Gasteiger partial charge < -0.3 is 10.2 Å². The number of halogens is 2. The first-order valence-electron chi connectivity index (χ1n) is 13.6. The molecular weight excluding hydrogens is 547 g/mol. The fourth-order valence-electron chi connectivity index (χ4n) is 5.04. The lowest BCUT2D eigenvalue weighted by molar-refractivity contribution is -0.139. The molecule has 1 fully saturated rings. The lowest BCUT2D eigenvalue weighted by Gasteiger charge is -2.33. The molecule has 0 aliphatic heterocycles. The third kappa shape index (κ3) is 8.76. The number of amides is 2. The molecule has 39 heavy (non-hydrogen) atoms. The van der Waals surface area contributed by atoms with Gasteiger partial charge in [-0.25, -0.2) is 0 Å². The van der Waals surface area contributed by atoms with Crippen LogP contribution in [0.25, 0.3) is 0 Å². The van der Waals surface area contributed by atoms with Crippen LogP contribution < -0.4 is 5.32 Å². The first-order chi connectivity index (χ1) is 18.9. The van der Waals surface area contributed by atoms with Crippen molar-refractivity contribution in [2.75, 3.05) is 5.75 Å². The minimum atomic E-state index is -0.643. The molecule has 4 nitrogen and oxygen atoms in total. The second-order valence-corrected chi connectivity index (χ2v) is 12.0. The summed E-state index contributed by atoms with van der Waals surface area (Å²) in [4.78, 5) is 29.5. The van der Waals surface area contributed by atoms with Crippen molar-refractivity contribution in [2.24, 2.45) is 0 Å². The number of hydrogen-bond donors (Lipinski definition) is 1. The van der Waals surface area contributed by atoms with Crippen LogP contribution in [0.15, 0.2) is 72.8 Å². The number of nitrogens with one attached hydrogen (secondary N) is 1. The maximum atomic E-state index is 13.9. The molecule has 0 heterocycles. The van der Waals surface area contributed by atoms with Gasteiger partial charge in [-0.1, -0.05) is 103 Å². The molecule has 3 aromatic carbocycles. The summed E-state index contributed by atoms with van der Waals surface area (Å²) in [5.41, 5.74) is 4.27. The van der Waals surface area contributed by atoms with Crippen LogP contribution in [-0.4, -0.2) is 34.6 Å². The molecule has 1 atom stereocenters. The van der Waals surface area contributed by atoms with E-state index in [9.17, 15) is 9.59 Å². The van der Waals surface area contributed by atoms with Gasteiger partial charge in [0.25, 0.3) is 0 Å². The van der Waals surface area contributed by atoms with E-state index >= 15 is 0 Å². The maximum absolute atomic E-state index is 13.9. The van der Waals surface area contributed by atoms with Gasteiger partial charge in [-0.2, -0.15) is 0 Å². The zero-order valence-electron chi connectivity index (χ0n) is 22.4. The standard InChI is InChI=1S/C32H36Cl2N2O2S/c1-23-10-8-9-13-26(23)21-39-22-31(37)36(20-25-16-17-28(33)29(34)18-25)30(19-24-11-4-2-5-12-24)32(38)35-27-14-6-3-7-15-27/h2,4-5,8-13,16-18,27,30H,3,6-7,14-15,19-22H2,1H3,(H,35,38)/t30-/m1/s1. The Morgan fingerprint density at radius 1 is 0.923 bits per heavy atom. The van der Waals surface area contributed by atoms with Gasteiger partial charge in [0.15, 0.2) is 0 Å². The van der Waals surface area contributed by atoms with Crippen molar-refractivity contribution < 1.29 is 9.59 Å². The number of thioether (sulfide) groups is 1. The number of aryl methyl sites for hydroxylation is 1. The molecule has 0 saturated heterocycles. The Bertz CT molecular complexity index is 1250. The van der Waals surface area contributed by atoms with E-state index in [4.69, 9.17) is 23.2 Å². The molecule has 3 aromatic rings. The molecule has 1 aliphatic rings. The molecule has 1 saturated carbocycles. The van der Waals surface area contributed by atoms with E-state index in [1.807, 2.05) is 48.5 Å². The van der Waals surface area contributed by atoms with Crippen LogP contribution in [0, 0.1) is 6.92 Å². The molecule has 4 rings (SSSR count). The van der Waals surface area contributed by atoms with Gasteiger partial charge in [0.1, 0.15) is 6.04 Å². The first-order valence-corrected chi connectivity index (χ1v) is 15.5. The summed E-state index contributed by atoms with van der Waals surface area (Å²) in [6, 6.07) is 23.0. The third-order valence-electron chi connectivity index (χ3n) is 7.30. The minimum Gasteiger partial charge on any atom is -0.352 e. The summed E-state index contributed by atoms with van der Waals surface area (Å²) >= 11 is 14.1. The average Bonchev–Trinajstić information content (AvgIpc) is 2.94. The summed E-state index contributed by atoms with van der Waals surface area (Å²) in [6.07, 6.45) is 5.86. The summed E-state index contributed by atoms with van der Waals surface area (Å²) in [5, 5.41) is 4.18. The van der Waals surface area contributed by atoms with Crippen LogP contribution in [0.1, 0.15) is 54.4 Å². The van der Waals surface area contributed by atoms with Crippen molar-refractivity contribution >= 4 is 46.8 Å². The van der Waals surface area contributed by atoms with Crippen LogP contribution in [0.4, 0.5) is 0 Å². The fraction of sp³-hybridized carbons (Fsp3) is 0.375. The fourth-order valence-corrected chi connectivity index (χ4v) is 6.34. The second-order valence-electron chi connectivity index (χ2n) is 10.2. The van der Waals surface area contributed by atoms with Crippen molar-refractivity contribution in [3.63, 3.8) is 0 Å². The molecule has 206 valence electrons. The van der Waals surface area contributed by atoms with Crippen molar-refractivity contribution in [1.82, 2.24) is 10.2 Å². The summed E-state index contributed by atoms with van der Waals surface area (Å²) < 4.78 is 0. The third-order valence-corrected chi connectivity index (χ3v) is 9.01. The Balaban J connectivity index is 1.59. The zero-order valence-corrected chi connectivity index (χ0v) is 24.7. The van der Waals surface area contributed by atoms with Gasteiger partial charge in [0.2, 0.25) is 11.8 Å². The Hall–Kier alpha value is -2.47. The van der Waals surface area contributed by atoms with Crippen molar-refractivity contribution in [1.29, 1.82) is 0 Å². The molecule has 1 N–H and O–H groups in total. The van der Waals surface area contributed by atoms with Gasteiger partial charge in [0, 0.05) is 24.8 Å². The first kappa shape index (κ1) is 29.5. The number of benzene rings is 3. The number of nitrogens with zero attached hydrogens (tertiary/aromatic N) is 1. The number of rotatable bonds is 11. The van der Waals surface area contributed by atoms with Gasteiger partial charge in [-0.15, -0.1) is 11.8 Å². The Labute approximate surface area is 246 Å². The molecule has 2 amide bonds. The van der Waals surface area contributed by atoms with Crippen molar-refractivity contribution in [3.05, 3.63) is 105 Å². The minimum absolute atomic E-state index is 0.0700. The molecule has 0 bridgehead atoms. The lowest BCUT2D eigenvalue weighted by Crippen LogP contribution is -2.53. The Morgan fingerprint density at radius 3 is 2.36 bits per heavy atom. The molecule has 0 aromatic heterocycles. The monoisotopic (exact) mass is 582 g/mol. The molecule has 7 heteroatoms. The normalized spacial score (nSPS) is 14.5. The van der Waals surface area contributed by atoms with Crippen LogP contribution in [0.3, 0.4) is 0 Å². The zero-order chi connectivity index (χ0) is 27.6. The average molecular weight is 584 g/mol. The number of carbonyl (C=O) groups is 2. The predicted molar refractivity (Wildman–Crippen MR) is 163 cm³/mol. The van der Waals surface area contributed by atoms with E-state index < -0.39 is 6.04 Å². The molecule has 1 aliphatic carbocycles. The highest BCUT2D eigenvalue weighted by molar-refractivity contribution is 7.99. The number of carbonyl (C=O) groups excluding carboxylic acids is 2. The van der Waals surface area contributed by atoms with Gasteiger partial charge in [-0.3, -0.25) is 9.59 Å². The van der Waals surface area contributed by atoms with Crippen LogP contribution in [-0.2, 0) is 28.3 Å².